The van der Waals surface area contributed by atoms with Gasteiger partial charge in [0.2, 0.25) is 0 Å². The molecule has 0 aromatic heterocycles. The van der Waals surface area contributed by atoms with Crippen molar-refractivity contribution >= 4 is 5.97 Å². The second-order valence-corrected chi connectivity index (χ2v) is 8.47. The van der Waals surface area contributed by atoms with Gasteiger partial charge in [0.1, 0.15) is 0 Å². The maximum atomic E-state index is 11.8. The molecule has 0 unspecified atom stereocenters. The van der Waals surface area contributed by atoms with E-state index in [4.69, 9.17) is 4.74 Å². The molecule has 1 saturated heterocycles. The van der Waals surface area contributed by atoms with Crippen LogP contribution in [0.2, 0.25) is 0 Å². The number of unbranched alkanes of at least 4 members (excludes halogenated alkanes) is 12. The lowest BCUT2D eigenvalue weighted by Gasteiger charge is -2.26. The second-order valence-electron chi connectivity index (χ2n) is 8.47. The molecule has 1 aliphatic heterocycles. The summed E-state index contributed by atoms with van der Waals surface area (Å²) in [6.07, 6.45) is 23.1. The Morgan fingerprint density at radius 1 is 0.704 bits per heavy atom. The van der Waals surface area contributed by atoms with Crippen LogP contribution in [0.3, 0.4) is 0 Å². The molecule has 160 valence electrons. The largest absolute Gasteiger partial charge is 0.466 e. The molecule has 1 aliphatic rings. The van der Waals surface area contributed by atoms with Crippen LogP contribution in [0.1, 0.15) is 122 Å². The number of hydrogen-bond acceptors (Lipinski definition) is 3. The molecule has 0 spiro atoms. The summed E-state index contributed by atoms with van der Waals surface area (Å²) in [7, 11) is 0. The van der Waals surface area contributed by atoms with Crippen molar-refractivity contribution in [3.63, 3.8) is 0 Å². The summed E-state index contributed by atoms with van der Waals surface area (Å²) in [4.78, 5) is 14.3. The van der Waals surface area contributed by atoms with Crippen LogP contribution < -0.4 is 0 Å². The topological polar surface area (TPSA) is 29.5 Å². The number of hydrogen-bond donors (Lipinski definition) is 0. The molecule has 3 heteroatoms. The Hall–Kier alpha value is -0.570. The smallest absolute Gasteiger partial charge is 0.305 e. The molecule has 0 aliphatic carbocycles. The Morgan fingerprint density at radius 2 is 1.22 bits per heavy atom. The summed E-state index contributed by atoms with van der Waals surface area (Å²) in [6, 6.07) is 0. The quantitative estimate of drug-likeness (QED) is 0.191. The number of rotatable bonds is 18. The zero-order valence-electron chi connectivity index (χ0n) is 18.3. The Morgan fingerprint density at radius 3 is 1.78 bits per heavy atom. The zero-order valence-corrected chi connectivity index (χ0v) is 18.3. The van der Waals surface area contributed by atoms with E-state index in [9.17, 15) is 4.79 Å². The second kappa shape index (κ2) is 18.8. The van der Waals surface area contributed by atoms with Gasteiger partial charge in [-0.1, -0.05) is 90.4 Å². The average molecular weight is 382 g/mol. The molecule has 0 N–H and O–H groups in total. The van der Waals surface area contributed by atoms with E-state index in [1.807, 2.05) is 0 Å². The summed E-state index contributed by atoms with van der Waals surface area (Å²) >= 11 is 0. The van der Waals surface area contributed by atoms with Crippen LogP contribution in [0.25, 0.3) is 0 Å². The van der Waals surface area contributed by atoms with Crippen LogP contribution in [0.15, 0.2) is 0 Å². The molecule has 0 bridgehead atoms. The van der Waals surface area contributed by atoms with Crippen molar-refractivity contribution in [2.45, 2.75) is 122 Å². The van der Waals surface area contributed by atoms with Gasteiger partial charge in [-0.15, -0.1) is 0 Å². The molecule has 0 atom stereocenters. The predicted molar refractivity (Wildman–Crippen MR) is 116 cm³/mol. The molecular formula is C24H47NO2. The van der Waals surface area contributed by atoms with Crippen molar-refractivity contribution in [3.05, 3.63) is 0 Å². The minimum Gasteiger partial charge on any atom is -0.466 e. The van der Waals surface area contributed by atoms with Crippen LogP contribution in [0.4, 0.5) is 0 Å². The first-order chi connectivity index (χ1) is 13.3. The number of nitrogens with zero attached hydrogens (tertiary/aromatic N) is 1. The molecule has 3 nitrogen and oxygen atoms in total. The fourth-order valence-corrected chi connectivity index (χ4v) is 4.02. The van der Waals surface area contributed by atoms with Crippen LogP contribution >= 0.6 is 0 Å². The third-order valence-corrected chi connectivity index (χ3v) is 5.81. The van der Waals surface area contributed by atoms with Gasteiger partial charge in [-0.05, 0) is 38.8 Å². The van der Waals surface area contributed by atoms with Crippen molar-refractivity contribution in [3.8, 4) is 0 Å². The van der Waals surface area contributed by atoms with Gasteiger partial charge in [-0.3, -0.25) is 4.79 Å². The highest BCUT2D eigenvalue weighted by Crippen LogP contribution is 2.13. The van der Waals surface area contributed by atoms with E-state index >= 15 is 0 Å². The Bertz CT molecular complexity index is 326. The van der Waals surface area contributed by atoms with E-state index in [1.54, 1.807) is 0 Å². The van der Waals surface area contributed by atoms with Gasteiger partial charge in [-0.25, -0.2) is 0 Å². The summed E-state index contributed by atoms with van der Waals surface area (Å²) in [5.41, 5.74) is 0. The van der Waals surface area contributed by atoms with Crippen molar-refractivity contribution in [1.29, 1.82) is 0 Å². The maximum Gasteiger partial charge on any atom is 0.305 e. The van der Waals surface area contributed by atoms with Gasteiger partial charge in [-0.2, -0.15) is 0 Å². The standard InChI is InChI=1S/C24H47NO2/c1-2-3-4-5-6-7-8-9-10-11-12-13-15-19-24(26)27-23-18-22-25-20-16-14-17-21-25/h2-23H2,1H3. The fraction of sp³-hybridized carbons (Fsp3) is 0.958. The Labute approximate surface area is 169 Å². The first-order valence-electron chi connectivity index (χ1n) is 12.2. The van der Waals surface area contributed by atoms with Gasteiger partial charge >= 0.3 is 5.97 Å². The third-order valence-electron chi connectivity index (χ3n) is 5.81. The van der Waals surface area contributed by atoms with Crippen LogP contribution in [-0.4, -0.2) is 37.1 Å². The van der Waals surface area contributed by atoms with E-state index in [2.05, 4.69) is 11.8 Å². The van der Waals surface area contributed by atoms with E-state index in [0.717, 1.165) is 19.4 Å². The van der Waals surface area contributed by atoms with Crippen molar-refractivity contribution in [2.24, 2.45) is 0 Å². The minimum atomic E-state index is 0.0108. The van der Waals surface area contributed by atoms with Gasteiger partial charge in [0.05, 0.1) is 6.61 Å². The normalized spacial score (nSPS) is 15.1. The Balaban J connectivity index is 1.74. The molecule has 0 amide bonds. The minimum absolute atomic E-state index is 0.0108. The van der Waals surface area contributed by atoms with E-state index in [1.165, 1.54) is 109 Å². The van der Waals surface area contributed by atoms with Gasteiger partial charge in [0.25, 0.3) is 0 Å². The lowest BCUT2D eigenvalue weighted by molar-refractivity contribution is -0.144. The zero-order chi connectivity index (χ0) is 19.4. The predicted octanol–water partition coefficient (Wildman–Crippen LogP) is 6.89. The highest BCUT2D eigenvalue weighted by atomic mass is 16.5. The van der Waals surface area contributed by atoms with Crippen LogP contribution in [-0.2, 0) is 9.53 Å². The molecule has 1 fully saturated rings. The highest BCUT2D eigenvalue weighted by Gasteiger charge is 2.09. The molecule has 0 radical (unpaired) electrons. The number of piperidine rings is 1. The van der Waals surface area contributed by atoms with E-state index in [0.29, 0.717) is 13.0 Å². The van der Waals surface area contributed by atoms with Crippen LogP contribution in [0, 0.1) is 0 Å². The summed E-state index contributed by atoms with van der Waals surface area (Å²) in [5, 5.41) is 0. The number of ether oxygens (including phenoxy) is 1. The third kappa shape index (κ3) is 16.1. The molecule has 1 rings (SSSR count). The van der Waals surface area contributed by atoms with Gasteiger partial charge < -0.3 is 9.64 Å². The molecule has 27 heavy (non-hydrogen) atoms. The monoisotopic (exact) mass is 381 g/mol. The van der Waals surface area contributed by atoms with Crippen molar-refractivity contribution in [1.82, 2.24) is 4.90 Å². The van der Waals surface area contributed by atoms with Crippen LogP contribution in [0.5, 0.6) is 0 Å². The number of esters is 1. The summed E-state index contributed by atoms with van der Waals surface area (Å²) in [5.74, 6) is 0.0108. The highest BCUT2D eigenvalue weighted by molar-refractivity contribution is 5.69. The molecule has 0 saturated carbocycles. The van der Waals surface area contributed by atoms with Gasteiger partial charge in [0.15, 0.2) is 0 Å². The summed E-state index contributed by atoms with van der Waals surface area (Å²) in [6.45, 7) is 6.43. The molecular weight excluding hydrogens is 334 g/mol. The number of carbonyl (C=O) groups is 1. The first kappa shape index (κ1) is 24.5. The molecule has 1 heterocycles. The number of carbonyl (C=O) groups excluding carboxylic acids is 1. The average Bonchev–Trinajstić information content (AvgIpc) is 2.69. The van der Waals surface area contributed by atoms with Crippen molar-refractivity contribution in [2.75, 3.05) is 26.2 Å². The SMILES string of the molecule is CCCCCCCCCCCCCCCC(=O)OCCCN1CCCCC1. The van der Waals surface area contributed by atoms with E-state index in [-0.39, 0.29) is 5.97 Å². The Kier molecular flexibility index (Phi) is 17.0. The summed E-state index contributed by atoms with van der Waals surface area (Å²) < 4.78 is 5.37. The fourth-order valence-electron chi connectivity index (χ4n) is 4.02. The van der Waals surface area contributed by atoms with E-state index < -0.39 is 0 Å². The molecule has 0 aromatic carbocycles. The lowest BCUT2D eigenvalue weighted by Crippen LogP contribution is -2.31. The van der Waals surface area contributed by atoms with Gasteiger partial charge in [0, 0.05) is 13.0 Å². The first-order valence-corrected chi connectivity index (χ1v) is 12.2. The lowest BCUT2D eigenvalue weighted by atomic mass is 10.0. The molecule has 0 aromatic rings. The maximum absolute atomic E-state index is 11.8. The van der Waals surface area contributed by atoms with Crippen molar-refractivity contribution < 1.29 is 9.53 Å². The number of likely N-dealkylation sites (tertiary alicyclic amines) is 1.